The zero-order valence-corrected chi connectivity index (χ0v) is 21.9. The molecule has 1 aliphatic heterocycles. The van der Waals surface area contributed by atoms with Crippen molar-refractivity contribution in [3.63, 3.8) is 0 Å². The molecule has 0 bridgehead atoms. The van der Waals surface area contributed by atoms with Gasteiger partial charge in [0.25, 0.3) is 0 Å². The third-order valence-corrected chi connectivity index (χ3v) is 8.75. The van der Waals surface area contributed by atoms with Crippen LogP contribution >= 0.6 is 23.3 Å². The lowest BCUT2D eigenvalue weighted by atomic mass is 9.91. The summed E-state index contributed by atoms with van der Waals surface area (Å²) in [5.41, 5.74) is 4.75. The first-order valence-electron chi connectivity index (χ1n) is 11.9. The van der Waals surface area contributed by atoms with Crippen molar-refractivity contribution in [1.82, 2.24) is 18.7 Å². The Morgan fingerprint density at radius 3 is 2.54 bits per heavy atom. The van der Waals surface area contributed by atoms with Gasteiger partial charge < -0.3 is 10.0 Å². The standard InChI is InChI=1S/C26H30FN5OS2/c1-4-21-25(30(2)26-29-24(22(16-33)35-26)18-5-8-20(27)9-6-18)32-15-19(7-10-23(32)28-21)17-11-13-31(34-3)14-12-17/h5-10,15,17,33H,4,11-14,16H2,1-3H3. The van der Waals surface area contributed by atoms with Crippen LogP contribution in [0.1, 0.15) is 41.8 Å². The van der Waals surface area contributed by atoms with E-state index in [0.29, 0.717) is 11.6 Å². The number of aliphatic hydroxyl groups is 1. The Bertz CT molecular complexity index is 1310. The van der Waals surface area contributed by atoms with Gasteiger partial charge in [-0.1, -0.05) is 36.3 Å². The average Bonchev–Trinajstić information content (AvgIpc) is 3.50. The summed E-state index contributed by atoms with van der Waals surface area (Å²) in [5.74, 6) is 1.24. The summed E-state index contributed by atoms with van der Waals surface area (Å²) in [6.07, 6.45) is 7.50. The van der Waals surface area contributed by atoms with Crippen LogP contribution in [0.5, 0.6) is 0 Å². The van der Waals surface area contributed by atoms with Gasteiger partial charge >= 0.3 is 0 Å². The summed E-state index contributed by atoms with van der Waals surface area (Å²) < 4.78 is 18.1. The van der Waals surface area contributed by atoms with E-state index in [1.807, 2.05) is 19.0 Å². The summed E-state index contributed by atoms with van der Waals surface area (Å²) in [6, 6.07) is 10.6. The normalized spacial score (nSPS) is 15.2. The molecule has 184 valence electrons. The molecule has 9 heteroatoms. The number of halogens is 1. The van der Waals surface area contributed by atoms with Gasteiger partial charge in [-0.15, -0.1) is 0 Å². The molecule has 0 spiro atoms. The number of aliphatic hydroxyl groups excluding tert-OH is 1. The predicted molar refractivity (Wildman–Crippen MR) is 143 cm³/mol. The first-order valence-corrected chi connectivity index (χ1v) is 13.9. The van der Waals surface area contributed by atoms with Gasteiger partial charge in [0.15, 0.2) is 5.13 Å². The first-order chi connectivity index (χ1) is 17.0. The maximum absolute atomic E-state index is 13.5. The van der Waals surface area contributed by atoms with Crippen molar-refractivity contribution in [2.24, 2.45) is 0 Å². The maximum Gasteiger partial charge on any atom is 0.191 e. The van der Waals surface area contributed by atoms with Crippen molar-refractivity contribution in [2.45, 2.75) is 38.7 Å². The number of piperidine rings is 1. The highest BCUT2D eigenvalue weighted by Gasteiger charge is 2.24. The summed E-state index contributed by atoms with van der Waals surface area (Å²) >= 11 is 3.28. The lowest BCUT2D eigenvalue weighted by Crippen LogP contribution is -2.27. The second-order valence-corrected chi connectivity index (χ2v) is 10.7. The van der Waals surface area contributed by atoms with Gasteiger partial charge in [-0.05, 0) is 67.3 Å². The summed E-state index contributed by atoms with van der Waals surface area (Å²) in [7, 11) is 2.00. The zero-order chi connectivity index (χ0) is 24.5. The minimum Gasteiger partial charge on any atom is -0.391 e. The van der Waals surface area contributed by atoms with Crippen LogP contribution in [0.2, 0.25) is 0 Å². The quantitative estimate of drug-likeness (QED) is 0.313. The van der Waals surface area contributed by atoms with Crippen LogP contribution in [-0.2, 0) is 13.0 Å². The third kappa shape index (κ3) is 4.70. The topological polar surface area (TPSA) is 56.9 Å². The molecule has 1 fully saturated rings. The fourth-order valence-electron chi connectivity index (χ4n) is 4.82. The number of aromatic nitrogens is 3. The second kappa shape index (κ2) is 10.3. The predicted octanol–water partition coefficient (Wildman–Crippen LogP) is 5.88. The van der Waals surface area contributed by atoms with E-state index in [2.05, 4.69) is 45.1 Å². The number of nitrogens with zero attached hydrogens (tertiary/aromatic N) is 5. The molecule has 0 aliphatic carbocycles. The van der Waals surface area contributed by atoms with Gasteiger partial charge in [0.1, 0.15) is 17.3 Å². The minimum atomic E-state index is -0.292. The van der Waals surface area contributed by atoms with E-state index in [9.17, 15) is 9.50 Å². The molecule has 1 aliphatic rings. The highest BCUT2D eigenvalue weighted by molar-refractivity contribution is 7.96. The lowest BCUT2D eigenvalue weighted by molar-refractivity contribution is 0.286. The molecule has 1 saturated heterocycles. The third-order valence-electron chi connectivity index (χ3n) is 6.76. The van der Waals surface area contributed by atoms with Crippen LogP contribution < -0.4 is 4.90 Å². The smallest absolute Gasteiger partial charge is 0.191 e. The van der Waals surface area contributed by atoms with Gasteiger partial charge in [0, 0.05) is 31.9 Å². The molecule has 0 unspecified atom stereocenters. The van der Waals surface area contributed by atoms with Crippen LogP contribution in [0.25, 0.3) is 16.9 Å². The lowest BCUT2D eigenvalue weighted by Gasteiger charge is -2.30. The van der Waals surface area contributed by atoms with Crippen LogP contribution in [-0.4, -0.2) is 50.2 Å². The Labute approximate surface area is 213 Å². The molecule has 0 radical (unpaired) electrons. The van der Waals surface area contributed by atoms with Crippen molar-refractivity contribution in [1.29, 1.82) is 0 Å². The Morgan fingerprint density at radius 1 is 1.14 bits per heavy atom. The molecule has 4 heterocycles. The number of fused-ring (bicyclic) bond motifs is 1. The van der Waals surface area contributed by atoms with Gasteiger partial charge in [-0.2, -0.15) is 0 Å². The van der Waals surface area contributed by atoms with E-state index in [4.69, 9.17) is 9.97 Å². The molecule has 1 aromatic carbocycles. The number of benzene rings is 1. The second-order valence-electron chi connectivity index (χ2n) is 8.80. The molecular formula is C26H30FN5OS2. The minimum absolute atomic E-state index is 0.120. The number of hydrogen-bond acceptors (Lipinski definition) is 7. The van der Waals surface area contributed by atoms with E-state index in [1.54, 1.807) is 12.1 Å². The number of rotatable bonds is 7. The highest BCUT2D eigenvalue weighted by atomic mass is 32.2. The van der Waals surface area contributed by atoms with E-state index in [1.165, 1.54) is 29.0 Å². The molecule has 3 aromatic heterocycles. The van der Waals surface area contributed by atoms with Crippen molar-refractivity contribution in [3.8, 4) is 11.3 Å². The Balaban J connectivity index is 1.53. The van der Waals surface area contributed by atoms with E-state index in [-0.39, 0.29) is 12.4 Å². The summed E-state index contributed by atoms with van der Waals surface area (Å²) in [6.45, 7) is 4.21. The maximum atomic E-state index is 13.5. The molecule has 0 amide bonds. The molecule has 6 nitrogen and oxygen atoms in total. The van der Waals surface area contributed by atoms with Crippen molar-refractivity contribution < 1.29 is 9.50 Å². The van der Waals surface area contributed by atoms with Gasteiger partial charge in [0.2, 0.25) is 0 Å². The molecule has 5 rings (SSSR count). The first kappa shape index (κ1) is 24.2. The van der Waals surface area contributed by atoms with E-state index >= 15 is 0 Å². The van der Waals surface area contributed by atoms with Crippen LogP contribution in [0.4, 0.5) is 15.3 Å². The number of thiazole rings is 1. The van der Waals surface area contributed by atoms with Gasteiger partial charge in [-0.3, -0.25) is 8.71 Å². The largest absolute Gasteiger partial charge is 0.391 e. The van der Waals surface area contributed by atoms with Crippen LogP contribution in [0, 0.1) is 5.82 Å². The number of hydrogen-bond donors (Lipinski definition) is 1. The molecule has 4 aromatic rings. The molecule has 0 atom stereocenters. The van der Waals surface area contributed by atoms with E-state index < -0.39 is 0 Å². The molecule has 35 heavy (non-hydrogen) atoms. The molecule has 0 saturated carbocycles. The summed E-state index contributed by atoms with van der Waals surface area (Å²) in [5, 5.41) is 10.8. The highest BCUT2D eigenvalue weighted by Crippen LogP contribution is 2.38. The van der Waals surface area contributed by atoms with Gasteiger partial charge in [0.05, 0.1) is 22.9 Å². The summed E-state index contributed by atoms with van der Waals surface area (Å²) in [4.78, 5) is 12.6. The van der Waals surface area contributed by atoms with Crippen LogP contribution in [0.3, 0.4) is 0 Å². The van der Waals surface area contributed by atoms with Crippen molar-refractivity contribution in [3.05, 3.63) is 64.5 Å². The average molecular weight is 512 g/mol. The Morgan fingerprint density at radius 2 is 1.89 bits per heavy atom. The monoisotopic (exact) mass is 511 g/mol. The van der Waals surface area contributed by atoms with Gasteiger partial charge in [-0.25, -0.2) is 14.4 Å². The number of pyridine rings is 1. The Hall–Kier alpha value is -2.46. The van der Waals surface area contributed by atoms with Crippen molar-refractivity contribution in [2.75, 3.05) is 31.3 Å². The van der Waals surface area contributed by atoms with E-state index in [0.717, 1.165) is 65.1 Å². The SMILES string of the molecule is CCc1nc2ccc(C3CCN(SC)CC3)cn2c1N(C)c1nc(-c2ccc(F)cc2)c(CO)s1. The zero-order valence-electron chi connectivity index (χ0n) is 20.2. The van der Waals surface area contributed by atoms with Crippen LogP contribution in [0.15, 0.2) is 42.6 Å². The number of aryl methyl sites for hydroxylation is 1. The molecular weight excluding hydrogens is 481 g/mol. The fourth-order valence-corrected chi connectivity index (χ4v) is 6.30. The van der Waals surface area contributed by atoms with Crippen molar-refractivity contribution >= 4 is 39.9 Å². The molecule has 1 N–H and O–H groups in total. The fraction of sp³-hybridized carbons (Fsp3) is 0.385. The Kier molecular flexibility index (Phi) is 7.11. The number of imidazole rings is 1. The number of anilines is 2.